The summed E-state index contributed by atoms with van der Waals surface area (Å²) in [5, 5.41) is 10.9. The fourth-order valence-corrected chi connectivity index (χ4v) is 3.71. The number of carboxylic acid groups (broad SMARTS) is 1. The van der Waals surface area contributed by atoms with Crippen molar-refractivity contribution in [1.82, 2.24) is 4.98 Å². The third kappa shape index (κ3) is 4.13. The van der Waals surface area contributed by atoms with E-state index in [9.17, 15) is 9.90 Å². The molecule has 0 saturated carbocycles. The van der Waals surface area contributed by atoms with Gasteiger partial charge in [0.15, 0.2) is 0 Å². The van der Waals surface area contributed by atoms with E-state index >= 15 is 0 Å². The van der Waals surface area contributed by atoms with Crippen LogP contribution >= 0.6 is 11.6 Å². The number of aromatic amines is 1. The van der Waals surface area contributed by atoms with Crippen LogP contribution in [0, 0.1) is 6.92 Å². The quantitative estimate of drug-likeness (QED) is 0.413. The smallest absolute Gasteiger partial charge is 0.335 e. The van der Waals surface area contributed by atoms with Crippen LogP contribution in [0.1, 0.15) is 32.7 Å². The molecule has 0 bridgehead atoms. The van der Waals surface area contributed by atoms with Gasteiger partial charge < -0.3 is 14.8 Å². The lowest BCUT2D eigenvalue weighted by Gasteiger charge is -2.10. The van der Waals surface area contributed by atoms with Crippen molar-refractivity contribution in [3.05, 3.63) is 99.7 Å². The number of para-hydroxylation sites is 1. The van der Waals surface area contributed by atoms with E-state index < -0.39 is 5.97 Å². The lowest BCUT2D eigenvalue weighted by Crippen LogP contribution is -1.98. The summed E-state index contributed by atoms with van der Waals surface area (Å²) in [6.07, 6.45) is 0.619. The van der Waals surface area contributed by atoms with Crippen molar-refractivity contribution in [3.63, 3.8) is 0 Å². The molecule has 0 unspecified atom stereocenters. The van der Waals surface area contributed by atoms with Gasteiger partial charge >= 0.3 is 5.97 Å². The van der Waals surface area contributed by atoms with Crippen molar-refractivity contribution in [2.45, 2.75) is 20.0 Å². The summed E-state index contributed by atoms with van der Waals surface area (Å²) in [6.45, 7) is 2.43. The number of nitrogens with one attached hydrogen (secondary N) is 1. The Balaban J connectivity index is 1.57. The number of hydrogen-bond donors (Lipinski definition) is 2. The molecule has 5 heteroatoms. The monoisotopic (exact) mass is 405 g/mol. The summed E-state index contributed by atoms with van der Waals surface area (Å²) in [6, 6.07) is 20.7. The molecule has 4 aromatic rings. The number of aryl methyl sites for hydroxylation is 1. The van der Waals surface area contributed by atoms with E-state index in [1.54, 1.807) is 18.2 Å². The Morgan fingerprint density at radius 2 is 1.86 bits per heavy atom. The molecule has 0 amide bonds. The fourth-order valence-electron chi connectivity index (χ4n) is 3.44. The molecule has 4 rings (SSSR count). The van der Waals surface area contributed by atoms with Gasteiger partial charge in [0, 0.05) is 28.0 Å². The third-order valence-electron chi connectivity index (χ3n) is 5.00. The van der Waals surface area contributed by atoms with E-state index in [2.05, 4.69) is 4.98 Å². The number of carbonyl (C=O) groups is 1. The molecule has 4 nitrogen and oxygen atoms in total. The summed E-state index contributed by atoms with van der Waals surface area (Å²) in [5.41, 5.74) is 5.24. The van der Waals surface area contributed by atoms with Crippen LogP contribution in [0.4, 0.5) is 0 Å². The highest BCUT2D eigenvalue weighted by Gasteiger charge is 2.14. The highest BCUT2D eigenvalue weighted by atomic mass is 35.5. The molecule has 0 spiro atoms. The lowest BCUT2D eigenvalue weighted by atomic mass is 10.00. The number of aromatic nitrogens is 1. The number of fused-ring (bicyclic) bond motifs is 1. The zero-order chi connectivity index (χ0) is 20.4. The number of hydrogen-bond acceptors (Lipinski definition) is 2. The molecule has 0 aliphatic carbocycles. The molecule has 0 aliphatic rings. The van der Waals surface area contributed by atoms with Crippen molar-refractivity contribution < 1.29 is 14.6 Å². The van der Waals surface area contributed by atoms with Gasteiger partial charge in [0.2, 0.25) is 0 Å². The minimum absolute atomic E-state index is 0.275. The molecule has 29 heavy (non-hydrogen) atoms. The summed E-state index contributed by atoms with van der Waals surface area (Å²) in [5.74, 6) is -0.117. The number of aromatic carboxylic acids is 1. The highest BCUT2D eigenvalue weighted by Crippen LogP contribution is 2.29. The van der Waals surface area contributed by atoms with E-state index in [4.69, 9.17) is 16.3 Å². The van der Waals surface area contributed by atoms with Crippen molar-refractivity contribution in [2.75, 3.05) is 0 Å². The Morgan fingerprint density at radius 1 is 1.07 bits per heavy atom. The van der Waals surface area contributed by atoms with Gasteiger partial charge in [-0.1, -0.05) is 41.9 Å². The second-order valence-electron chi connectivity index (χ2n) is 7.00. The molecule has 1 heterocycles. The van der Waals surface area contributed by atoms with Crippen LogP contribution in [0.5, 0.6) is 5.75 Å². The first-order valence-electron chi connectivity index (χ1n) is 9.31. The van der Waals surface area contributed by atoms with Gasteiger partial charge in [-0.3, -0.25) is 0 Å². The van der Waals surface area contributed by atoms with E-state index in [-0.39, 0.29) is 5.56 Å². The van der Waals surface area contributed by atoms with E-state index in [0.29, 0.717) is 18.1 Å². The van der Waals surface area contributed by atoms with Gasteiger partial charge in [-0.15, -0.1) is 0 Å². The second kappa shape index (κ2) is 8.02. The van der Waals surface area contributed by atoms with Crippen molar-refractivity contribution in [1.29, 1.82) is 0 Å². The first-order valence-corrected chi connectivity index (χ1v) is 9.68. The van der Waals surface area contributed by atoms with Crippen LogP contribution in [0.15, 0.2) is 66.7 Å². The minimum atomic E-state index is -0.933. The van der Waals surface area contributed by atoms with E-state index in [1.807, 2.05) is 55.5 Å². The Hall–Kier alpha value is -3.24. The largest absolute Gasteiger partial charge is 0.489 e. The van der Waals surface area contributed by atoms with Gasteiger partial charge in [0.25, 0.3) is 0 Å². The Bertz CT molecular complexity index is 1180. The predicted octanol–water partition coefficient (Wildman–Crippen LogP) is 6.00. The molecule has 0 aliphatic heterocycles. The molecular formula is C24H20ClNO3. The number of halogens is 1. The standard InChI is InChI=1S/C24H20ClNO3/c1-15-20(21-13-18(24(27)28)9-10-23(21)26-15)12-17-8-7-16(11-22(17)25)14-29-19-5-3-2-4-6-19/h2-11,13,26H,12,14H2,1H3,(H,27,28). The van der Waals surface area contributed by atoms with Gasteiger partial charge in [-0.25, -0.2) is 4.79 Å². The maximum atomic E-state index is 11.3. The van der Waals surface area contributed by atoms with Crippen LogP contribution in [0.2, 0.25) is 5.02 Å². The summed E-state index contributed by atoms with van der Waals surface area (Å²) < 4.78 is 5.79. The number of benzene rings is 3. The van der Waals surface area contributed by atoms with E-state index in [1.165, 1.54) is 0 Å². The molecule has 0 saturated heterocycles. The molecule has 146 valence electrons. The maximum absolute atomic E-state index is 11.3. The van der Waals surface area contributed by atoms with Gasteiger partial charge in [-0.2, -0.15) is 0 Å². The second-order valence-corrected chi connectivity index (χ2v) is 7.41. The summed E-state index contributed by atoms with van der Waals surface area (Å²) in [4.78, 5) is 14.7. The number of H-pyrrole nitrogens is 1. The highest BCUT2D eigenvalue weighted by molar-refractivity contribution is 6.31. The van der Waals surface area contributed by atoms with Crippen molar-refractivity contribution >= 4 is 28.5 Å². The average molecular weight is 406 g/mol. The SMILES string of the molecule is Cc1[nH]c2ccc(C(=O)O)cc2c1Cc1ccc(COc2ccccc2)cc1Cl. The van der Waals surface area contributed by atoms with Crippen molar-refractivity contribution in [2.24, 2.45) is 0 Å². The first-order chi connectivity index (χ1) is 14.0. The van der Waals surface area contributed by atoms with Crippen LogP contribution < -0.4 is 4.74 Å². The Labute approximate surface area is 173 Å². The first kappa shape index (κ1) is 19.1. The van der Waals surface area contributed by atoms with E-state index in [0.717, 1.165) is 39.0 Å². The van der Waals surface area contributed by atoms with Gasteiger partial charge in [0.05, 0.1) is 5.56 Å². The van der Waals surface area contributed by atoms with Crippen LogP contribution in [-0.4, -0.2) is 16.1 Å². The average Bonchev–Trinajstić information content (AvgIpc) is 3.03. The summed E-state index contributed by atoms with van der Waals surface area (Å²) >= 11 is 6.55. The molecule has 2 N–H and O–H groups in total. The third-order valence-corrected chi connectivity index (χ3v) is 5.35. The Kier molecular flexibility index (Phi) is 5.28. The molecule has 1 aromatic heterocycles. The minimum Gasteiger partial charge on any atom is -0.489 e. The maximum Gasteiger partial charge on any atom is 0.335 e. The number of carboxylic acids is 1. The Morgan fingerprint density at radius 3 is 2.59 bits per heavy atom. The molecule has 0 fully saturated rings. The fraction of sp³-hybridized carbons (Fsp3) is 0.125. The van der Waals surface area contributed by atoms with Crippen LogP contribution in [0.3, 0.4) is 0 Å². The zero-order valence-electron chi connectivity index (χ0n) is 15.9. The topological polar surface area (TPSA) is 62.3 Å². The predicted molar refractivity (Wildman–Crippen MR) is 115 cm³/mol. The summed E-state index contributed by atoms with van der Waals surface area (Å²) in [7, 11) is 0. The van der Waals surface area contributed by atoms with Crippen LogP contribution in [0.25, 0.3) is 10.9 Å². The van der Waals surface area contributed by atoms with Gasteiger partial charge in [-0.05, 0) is 60.0 Å². The van der Waals surface area contributed by atoms with Crippen LogP contribution in [-0.2, 0) is 13.0 Å². The normalized spacial score (nSPS) is 11.0. The number of ether oxygens (including phenoxy) is 1. The molecule has 0 atom stereocenters. The molecular weight excluding hydrogens is 386 g/mol. The lowest BCUT2D eigenvalue weighted by molar-refractivity contribution is 0.0697. The molecule has 0 radical (unpaired) electrons. The molecule has 3 aromatic carbocycles. The van der Waals surface area contributed by atoms with Crippen molar-refractivity contribution in [3.8, 4) is 5.75 Å². The van der Waals surface area contributed by atoms with Gasteiger partial charge in [0.1, 0.15) is 12.4 Å². The zero-order valence-corrected chi connectivity index (χ0v) is 16.7. The number of rotatable bonds is 6.